The fourth-order valence-corrected chi connectivity index (χ4v) is 2.29. The van der Waals surface area contributed by atoms with Crippen molar-refractivity contribution in [3.05, 3.63) is 35.9 Å². The minimum Gasteiger partial charge on any atom is -0.381 e. The number of hydrazine groups is 1. The number of rotatable bonds is 5. The van der Waals surface area contributed by atoms with E-state index in [1.54, 1.807) is 0 Å². The highest BCUT2D eigenvalue weighted by molar-refractivity contribution is 5.14. The maximum absolute atomic E-state index is 5.61. The van der Waals surface area contributed by atoms with Crippen LogP contribution in [0.4, 0.5) is 0 Å². The van der Waals surface area contributed by atoms with Crippen LogP contribution in [0.25, 0.3) is 0 Å². The molecular weight excluding hydrogens is 200 g/mol. The number of hydrogen-bond donors (Lipinski definition) is 2. The zero-order chi connectivity index (χ0) is 11.2. The molecule has 0 spiro atoms. The lowest BCUT2D eigenvalue weighted by Crippen LogP contribution is -2.41. The molecule has 1 aromatic carbocycles. The third-order valence-corrected chi connectivity index (χ3v) is 3.33. The molecular formula is C13H20N2O. The summed E-state index contributed by atoms with van der Waals surface area (Å²) in [5, 5.41) is 0. The normalized spacial score (nSPS) is 22.2. The summed E-state index contributed by atoms with van der Waals surface area (Å²) in [7, 11) is 0. The van der Waals surface area contributed by atoms with E-state index in [1.165, 1.54) is 5.56 Å². The van der Waals surface area contributed by atoms with Crippen molar-refractivity contribution in [2.45, 2.75) is 25.3 Å². The molecule has 3 nitrogen and oxygen atoms in total. The van der Waals surface area contributed by atoms with Gasteiger partial charge in [0.25, 0.3) is 0 Å². The van der Waals surface area contributed by atoms with Crippen LogP contribution in [0.15, 0.2) is 30.3 Å². The molecule has 1 aliphatic heterocycles. The van der Waals surface area contributed by atoms with Gasteiger partial charge in [0.2, 0.25) is 0 Å². The summed E-state index contributed by atoms with van der Waals surface area (Å²) in [6, 6.07) is 10.9. The van der Waals surface area contributed by atoms with Crippen molar-refractivity contribution in [2.75, 3.05) is 13.2 Å². The van der Waals surface area contributed by atoms with Crippen LogP contribution < -0.4 is 11.3 Å². The third kappa shape index (κ3) is 3.04. The lowest BCUT2D eigenvalue weighted by molar-refractivity contribution is 0.175. The summed E-state index contributed by atoms with van der Waals surface area (Å²) in [6.45, 7) is 1.73. The molecule has 1 aliphatic rings. The lowest BCUT2D eigenvalue weighted by atomic mass is 9.94. The third-order valence-electron chi connectivity index (χ3n) is 3.33. The van der Waals surface area contributed by atoms with Crippen LogP contribution in [0.2, 0.25) is 0 Å². The second-order valence-corrected chi connectivity index (χ2v) is 4.42. The first-order chi connectivity index (χ1) is 7.90. The topological polar surface area (TPSA) is 47.3 Å². The largest absolute Gasteiger partial charge is 0.381 e. The molecule has 2 unspecified atom stereocenters. The zero-order valence-corrected chi connectivity index (χ0v) is 9.56. The van der Waals surface area contributed by atoms with Crippen LogP contribution in [-0.4, -0.2) is 19.3 Å². The summed E-state index contributed by atoms with van der Waals surface area (Å²) in [6.07, 6.45) is 3.28. The van der Waals surface area contributed by atoms with Gasteiger partial charge in [-0.3, -0.25) is 11.3 Å². The molecule has 16 heavy (non-hydrogen) atoms. The number of nitrogens with one attached hydrogen (secondary N) is 1. The molecule has 2 atom stereocenters. The Hall–Kier alpha value is -0.900. The van der Waals surface area contributed by atoms with E-state index >= 15 is 0 Å². The summed E-state index contributed by atoms with van der Waals surface area (Å²) in [5.41, 5.74) is 4.31. The maximum atomic E-state index is 5.61. The molecule has 1 saturated heterocycles. The zero-order valence-electron chi connectivity index (χ0n) is 9.56. The minimum absolute atomic E-state index is 0.378. The Morgan fingerprint density at radius 2 is 2.19 bits per heavy atom. The lowest BCUT2D eigenvalue weighted by Gasteiger charge is -2.21. The highest BCUT2D eigenvalue weighted by Crippen LogP contribution is 2.19. The van der Waals surface area contributed by atoms with Gasteiger partial charge in [-0.15, -0.1) is 0 Å². The first-order valence-electron chi connectivity index (χ1n) is 5.98. The summed E-state index contributed by atoms with van der Waals surface area (Å²) in [5.74, 6) is 6.19. The highest BCUT2D eigenvalue weighted by Gasteiger charge is 2.24. The molecule has 1 fully saturated rings. The molecule has 0 radical (unpaired) electrons. The monoisotopic (exact) mass is 220 g/mol. The van der Waals surface area contributed by atoms with Crippen molar-refractivity contribution < 1.29 is 4.74 Å². The minimum atomic E-state index is 0.378. The molecule has 88 valence electrons. The molecule has 2 rings (SSSR count). The molecule has 1 aromatic rings. The van der Waals surface area contributed by atoms with E-state index in [4.69, 9.17) is 10.6 Å². The van der Waals surface area contributed by atoms with Crippen LogP contribution in [0.3, 0.4) is 0 Å². The fraction of sp³-hybridized carbons (Fsp3) is 0.538. The van der Waals surface area contributed by atoms with Gasteiger partial charge >= 0.3 is 0 Å². The van der Waals surface area contributed by atoms with Gasteiger partial charge in [0.05, 0.1) is 6.61 Å². The summed E-state index contributed by atoms with van der Waals surface area (Å²) >= 11 is 0. The van der Waals surface area contributed by atoms with Crippen molar-refractivity contribution in [3.8, 4) is 0 Å². The second kappa shape index (κ2) is 5.99. The van der Waals surface area contributed by atoms with Gasteiger partial charge in [0, 0.05) is 18.6 Å². The average Bonchev–Trinajstić information content (AvgIpc) is 2.85. The number of aryl methyl sites for hydroxylation is 1. The first-order valence-corrected chi connectivity index (χ1v) is 5.98. The van der Waals surface area contributed by atoms with E-state index in [-0.39, 0.29) is 0 Å². The van der Waals surface area contributed by atoms with Crippen molar-refractivity contribution >= 4 is 0 Å². The fourth-order valence-electron chi connectivity index (χ4n) is 2.29. The van der Waals surface area contributed by atoms with E-state index in [0.29, 0.717) is 12.0 Å². The van der Waals surface area contributed by atoms with Crippen LogP contribution in [0.1, 0.15) is 18.4 Å². The quantitative estimate of drug-likeness (QED) is 0.584. The van der Waals surface area contributed by atoms with Gasteiger partial charge in [0.1, 0.15) is 0 Å². The van der Waals surface area contributed by atoms with Crippen LogP contribution in [-0.2, 0) is 11.2 Å². The Kier molecular flexibility index (Phi) is 4.34. The van der Waals surface area contributed by atoms with Gasteiger partial charge in [-0.05, 0) is 24.8 Å². The van der Waals surface area contributed by atoms with Crippen LogP contribution >= 0.6 is 0 Å². The summed E-state index contributed by atoms with van der Waals surface area (Å²) in [4.78, 5) is 0. The highest BCUT2D eigenvalue weighted by atomic mass is 16.5. The predicted octanol–water partition coefficient (Wildman–Crippen LogP) is 1.49. The van der Waals surface area contributed by atoms with Crippen molar-refractivity contribution in [2.24, 2.45) is 11.8 Å². The van der Waals surface area contributed by atoms with Gasteiger partial charge < -0.3 is 4.74 Å². The van der Waals surface area contributed by atoms with Gasteiger partial charge in [-0.2, -0.15) is 0 Å². The predicted molar refractivity (Wildman–Crippen MR) is 64.8 cm³/mol. The van der Waals surface area contributed by atoms with E-state index < -0.39 is 0 Å². The molecule has 1 heterocycles. The molecule has 0 saturated carbocycles. The number of nitrogens with two attached hydrogens (primary N) is 1. The molecule has 3 heteroatoms. The van der Waals surface area contributed by atoms with Crippen molar-refractivity contribution in [1.29, 1.82) is 0 Å². The number of hydrogen-bond acceptors (Lipinski definition) is 3. The van der Waals surface area contributed by atoms with Crippen molar-refractivity contribution in [3.63, 3.8) is 0 Å². The molecule has 3 N–H and O–H groups in total. The Morgan fingerprint density at radius 3 is 2.81 bits per heavy atom. The van der Waals surface area contributed by atoms with Crippen LogP contribution in [0.5, 0.6) is 0 Å². The number of ether oxygens (including phenoxy) is 1. The smallest absolute Gasteiger partial charge is 0.0510 e. The SMILES string of the molecule is NNC(CCc1ccccc1)C1CCOC1. The van der Waals surface area contributed by atoms with Crippen LogP contribution in [0, 0.1) is 5.92 Å². The number of benzene rings is 1. The molecule has 0 aliphatic carbocycles. The molecule has 0 amide bonds. The maximum Gasteiger partial charge on any atom is 0.0510 e. The Bertz CT molecular complexity index is 296. The van der Waals surface area contributed by atoms with E-state index in [9.17, 15) is 0 Å². The van der Waals surface area contributed by atoms with E-state index in [2.05, 4.69) is 29.7 Å². The summed E-state index contributed by atoms with van der Waals surface area (Å²) < 4.78 is 5.40. The standard InChI is InChI=1S/C13H20N2O/c14-15-13(12-8-9-16-10-12)7-6-11-4-2-1-3-5-11/h1-5,12-13,15H,6-10,14H2. The Balaban J connectivity index is 1.83. The van der Waals surface area contributed by atoms with Gasteiger partial charge in [-0.25, -0.2) is 0 Å². The molecule has 0 aromatic heterocycles. The Labute approximate surface area is 97.0 Å². The van der Waals surface area contributed by atoms with E-state index in [1.807, 2.05) is 6.07 Å². The first kappa shape index (κ1) is 11.6. The van der Waals surface area contributed by atoms with Gasteiger partial charge in [0.15, 0.2) is 0 Å². The second-order valence-electron chi connectivity index (χ2n) is 4.42. The van der Waals surface area contributed by atoms with E-state index in [0.717, 1.165) is 32.5 Å². The average molecular weight is 220 g/mol. The van der Waals surface area contributed by atoms with Gasteiger partial charge in [-0.1, -0.05) is 30.3 Å². The van der Waals surface area contributed by atoms with Crippen molar-refractivity contribution in [1.82, 2.24) is 5.43 Å². The molecule has 0 bridgehead atoms. The Morgan fingerprint density at radius 1 is 1.38 bits per heavy atom.